The molecule has 0 bridgehead atoms. The number of rotatable bonds is 4. The Balaban J connectivity index is 2.70. The van der Waals surface area contributed by atoms with Gasteiger partial charge in [-0.1, -0.05) is 0 Å². The molecule has 0 aliphatic carbocycles. The molecule has 0 saturated carbocycles. The van der Waals surface area contributed by atoms with Gasteiger partial charge in [-0.15, -0.1) is 0 Å². The van der Waals surface area contributed by atoms with Crippen LogP contribution in [0.4, 0.5) is 11.9 Å². The van der Waals surface area contributed by atoms with Crippen molar-refractivity contribution >= 4 is 11.9 Å². The van der Waals surface area contributed by atoms with Crippen molar-refractivity contribution in [2.45, 2.75) is 13.8 Å². The normalized spacial score (nSPS) is 9.83. The van der Waals surface area contributed by atoms with E-state index in [1.807, 2.05) is 13.8 Å². The van der Waals surface area contributed by atoms with Crippen LogP contribution in [0.2, 0.25) is 0 Å². The predicted octanol–water partition coefficient (Wildman–Crippen LogP) is 0.777. The van der Waals surface area contributed by atoms with Crippen LogP contribution in [0.5, 0.6) is 0 Å². The average molecular weight is 171 g/mol. The number of nitrogens with zero attached hydrogens (tertiary/aromatic N) is 1. The molecule has 5 nitrogen and oxygen atoms in total. The Labute approximate surface area is 71.0 Å². The molecule has 1 aromatic heterocycles. The van der Waals surface area contributed by atoms with Crippen LogP contribution in [0.25, 0.3) is 0 Å². The van der Waals surface area contributed by atoms with Gasteiger partial charge in [0.05, 0.1) is 6.54 Å². The second-order valence-corrected chi connectivity index (χ2v) is 2.29. The summed E-state index contributed by atoms with van der Waals surface area (Å²) < 4.78 is 5.79. The Morgan fingerprint density at radius 1 is 1.42 bits per heavy atom. The Morgan fingerprint density at radius 3 is 2.67 bits per heavy atom. The Bertz CT molecular complexity index is 247. The molecule has 0 radical (unpaired) electrons. The van der Waals surface area contributed by atoms with Crippen LogP contribution in [-0.4, -0.2) is 13.1 Å². The van der Waals surface area contributed by atoms with Gasteiger partial charge in [0, 0.05) is 6.54 Å². The molecule has 0 amide bonds. The van der Waals surface area contributed by atoms with E-state index in [4.69, 9.17) is 4.42 Å². The Morgan fingerprint density at radius 2 is 2.08 bits per heavy atom. The third-order valence-corrected chi connectivity index (χ3v) is 1.32. The summed E-state index contributed by atoms with van der Waals surface area (Å²) in [6.45, 7) is 5.24. The third kappa shape index (κ3) is 1.81. The molecule has 1 rings (SSSR count). The summed E-state index contributed by atoms with van der Waals surface area (Å²) in [5, 5.41) is 16.7. The molecular weight excluding hydrogens is 158 g/mol. The summed E-state index contributed by atoms with van der Waals surface area (Å²) in [5.74, 6) is 0.489. The quantitative estimate of drug-likeness (QED) is 0.519. The van der Waals surface area contributed by atoms with Crippen molar-refractivity contribution in [1.29, 1.82) is 0 Å². The zero-order valence-corrected chi connectivity index (χ0v) is 7.26. The Kier molecular flexibility index (Phi) is 2.79. The number of anilines is 2. The first-order valence-corrected chi connectivity index (χ1v) is 3.98. The molecule has 1 aromatic rings. The SMILES string of the molecule is CCNc1c[n+]([O-])c(NCC)o1. The van der Waals surface area contributed by atoms with Crippen LogP contribution in [0.15, 0.2) is 10.6 Å². The number of oxazole rings is 1. The molecule has 1 heterocycles. The van der Waals surface area contributed by atoms with E-state index in [0.29, 0.717) is 17.2 Å². The van der Waals surface area contributed by atoms with Crippen LogP contribution in [0.1, 0.15) is 13.8 Å². The summed E-state index contributed by atoms with van der Waals surface area (Å²) in [7, 11) is 0. The van der Waals surface area contributed by atoms with Gasteiger partial charge in [0.2, 0.25) is 5.88 Å². The fourth-order valence-corrected chi connectivity index (χ4v) is 0.862. The van der Waals surface area contributed by atoms with Crippen molar-refractivity contribution in [3.8, 4) is 0 Å². The molecule has 0 saturated heterocycles. The number of hydrogen-bond acceptors (Lipinski definition) is 4. The molecule has 68 valence electrons. The highest BCUT2D eigenvalue weighted by atomic mass is 16.5. The van der Waals surface area contributed by atoms with Gasteiger partial charge in [0.25, 0.3) is 0 Å². The molecule has 2 N–H and O–H groups in total. The number of hydrogen-bond donors (Lipinski definition) is 2. The largest absolute Gasteiger partial charge is 0.708 e. The smallest absolute Gasteiger partial charge is 0.459 e. The van der Waals surface area contributed by atoms with Crippen molar-refractivity contribution in [3.63, 3.8) is 0 Å². The Hall–Kier alpha value is -1.39. The van der Waals surface area contributed by atoms with Gasteiger partial charge in [-0.25, -0.2) is 5.32 Å². The molecule has 0 spiro atoms. The number of nitrogens with one attached hydrogen (secondary N) is 2. The van der Waals surface area contributed by atoms with E-state index in [1.165, 1.54) is 6.20 Å². The zero-order valence-electron chi connectivity index (χ0n) is 7.26. The van der Waals surface area contributed by atoms with E-state index < -0.39 is 0 Å². The summed E-state index contributed by atoms with van der Waals surface area (Å²) in [5.41, 5.74) is 0. The maximum Gasteiger partial charge on any atom is 0.459 e. The first-order chi connectivity index (χ1) is 5.77. The maximum atomic E-state index is 11.0. The van der Waals surface area contributed by atoms with Gasteiger partial charge in [-0.05, 0) is 13.8 Å². The van der Waals surface area contributed by atoms with E-state index in [1.54, 1.807) is 0 Å². The highest BCUT2D eigenvalue weighted by Crippen LogP contribution is 2.10. The van der Waals surface area contributed by atoms with Crippen molar-refractivity contribution in [2.75, 3.05) is 23.7 Å². The van der Waals surface area contributed by atoms with E-state index in [9.17, 15) is 5.21 Å². The van der Waals surface area contributed by atoms with Crippen molar-refractivity contribution in [1.82, 2.24) is 0 Å². The van der Waals surface area contributed by atoms with Gasteiger partial charge in [-0.2, -0.15) is 4.73 Å². The number of aromatic nitrogens is 1. The van der Waals surface area contributed by atoms with Crippen LogP contribution in [0.3, 0.4) is 0 Å². The van der Waals surface area contributed by atoms with E-state index in [0.717, 1.165) is 6.54 Å². The fourth-order valence-electron chi connectivity index (χ4n) is 0.862. The monoisotopic (exact) mass is 171 g/mol. The molecule has 0 fully saturated rings. The van der Waals surface area contributed by atoms with Crippen molar-refractivity contribution in [2.24, 2.45) is 0 Å². The predicted molar refractivity (Wildman–Crippen MR) is 46.0 cm³/mol. The van der Waals surface area contributed by atoms with Gasteiger partial charge in [0.15, 0.2) is 6.20 Å². The molecular formula is C7H13N3O2. The minimum Gasteiger partial charge on any atom is -0.708 e. The minimum absolute atomic E-state index is 0.230. The van der Waals surface area contributed by atoms with Crippen LogP contribution < -0.4 is 15.4 Å². The lowest BCUT2D eigenvalue weighted by Crippen LogP contribution is -2.27. The first-order valence-electron chi connectivity index (χ1n) is 3.98. The topological polar surface area (TPSA) is 64.1 Å². The molecule has 0 atom stereocenters. The lowest BCUT2D eigenvalue weighted by molar-refractivity contribution is -0.592. The zero-order chi connectivity index (χ0) is 8.97. The molecule has 5 heteroatoms. The van der Waals surface area contributed by atoms with Crippen molar-refractivity contribution in [3.05, 3.63) is 11.4 Å². The summed E-state index contributed by atoms with van der Waals surface area (Å²) in [6, 6.07) is 0.230. The van der Waals surface area contributed by atoms with Gasteiger partial charge in [0.1, 0.15) is 0 Å². The lowest BCUT2D eigenvalue weighted by Gasteiger charge is -1.95. The highest BCUT2D eigenvalue weighted by Gasteiger charge is 2.09. The molecule has 0 aliphatic heterocycles. The van der Waals surface area contributed by atoms with Crippen LogP contribution in [0, 0.1) is 5.21 Å². The fraction of sp³-hybridized carbons (Fsp3) is 0.571. The van der Waals surface area contributed by atoms with E-state index >= 15 is 0 Å². The lowest BCUT2D eigenvalue weighted by atomic mass is 10.7. The molecule has 0 aromatic carbocycles. The molecule has 12 heavy (non-hydrogen) atoms. The second kappa shape index (κ2) is 3.85. The third-order valence-electron chi connectivity index (χ3n) is 1.32. The van der Waals surface area contributed by atoms with Crippen LogP contribution in [-0.2, 0) is 0 Å². The summed E-state index contributed by atoms with van der Waals surface area (Å²) in [4.78, 5) is 0. The van der Waals surface area contributed by atoms with E-state index in [-0.39, 0.29) is 6.01 Å². The van der Waals surface area contributed by atoms with Gasteiger partial charge < -0.3 is 14.9 Å². The van der Waals surface area contributed by atoms with Gasteiger partial charge in [-0.3, -0.25) is 0 Å². The average Bonchev–Trinajstić information content (AvgIpc) is 2.34. The minimum atomic E-state index is 0.230. The standard InChI is InChI=1S/C7H13N3O2/c1-3-8-6-5-10(11)7(12-6)9-4-2/h5,8-9H,3-4H2,1-2H3. The van der Waals surface area contributed by atoms with Gasteiger partial charge >= 0.3 is 6.01 Å². The van der Waals surface area contributed by atoms with Crippen LogP contribution >= 0.6 is 0 Å². The summed E-state index contributed by atoms with van der Waals surface area (Å²) in [6.07, 6.45) is 1.36. The highest BCUT2D eigenvalue weighted by molar-refractivity contribution is 5.29. The second-order valence-electron chi connectivity index (χ2n) is 2.29. The molecule has 0 aliphatic rings. The molecule has 0 unspecified atom stereocenters. The summed E-state index contributed by atoms with van der Waals surface area (Å²) >= 11 is 0. The maximum absolute atomic E-state index is 11.0. The van der Waals surface area contributed by atoms with E-state index in [2.05, 4.69) is 10.6 Å². The van der Waals surface area contributed by atoms with Crippen molar-refractivity contribution < 1.29 is 9.15 Å². The first kappa shape index (κ1) is 8.70.